The van der Waals surface area contributed by atoms with Crippen LogP contribution in [-0.2, 0) is 14.3 Å². The van der Waals surface area contributed by atoms with E-state index in [0.717, 1.165) is 51.4 Å². The first-order valence-corrected chi connectivity index (χ1v) is 34.1. The van der Waals surface area contributed by atoms with Gasteiger partial charge in [-0.25, -0.2) is 0 Å². The highest BCUT2D eigenvalue weighted by atomic mass is 16.5. The second kappa shape index (κ2) is 64.9. The molecule has 75 heavy (non-hydrogen) atoms. The molecule has 0 heterocycles. The summed E-state index contributed by atoms with van der Waals surface area (Å²) in [6.45, 7) is 4.95. The summed E-state index contributed by atoms with van der Waals surface area (Å²) in [7, 11) is 0. The van der Waals surface area contributed by atoms with Crippen LogP contribution in [0.15, 0.2) is 24.3 Å². The van der Waals surface area contributed by atoms with E-state index in [2.05, 4.69) is 43.5 Å². The van der Waals surface area contributed by atoms with Crippen LogP contribution in [0.5, 0.6) is 0 Å². The Labute approximate surface area is 469 Å². The number of aliphatic hydroxyl groups is 2. The Hall–Kier alpha value is -1.66. The quantitative estimate of drug-likeness (QED) is 0.0320. The van der Waals surface area contributed by atoms with Crippen LogP contribution in [0, 0.1) is 0 Å². The van der Waals surface area contributed by atoms with Crippen molar-refractivity contribution in [3.63, 3.8) is 0 Å². The van der Waals surface area contributed by atoms with Gasteiger partial charge in [-0.1, -0.05) is 334 Å². The summed E-state index contributed by atoms with van der Waals surface area (Å²) in [5.41, 5.74) is 0. The molecule has 6 heteroatoms. The molecule has 0 radical (unpaired) electrons. The molecule has 0 aliphatic carbocycles. The third-order valence-electron chi connectivity index (χ3n) is 16.0. The maximum Gasteiger partial charge on any atom is 0.305 e. The van der Waals surface area contributed by atoms with E-state index in [1.54, 1.807) is 0 Å². The lowest BCUT2D eigenvalue weighted by Gasteiger charge is -2.22. The number of amides is 1. The zero-order chi connectivity index (χ0) is 54.3. The second-order valence-electron chi connectivity index (χ2n) is 23.5. The van der Waals surface area contributed by atoms with Gasteiger partial charge in [0, 0.05) is 12.8 Å². The van der Waals surface area contributed by atoms with Crippen LogP contribution in [0.3, 0.4) is 0 Å². The first kappa shape index (κ1) is 73.3. The van der Waals surface area contributed by atoms with E-state index in [9.17, 15) is 19.8 Å². The maximum absolute atomic E-state index is 12.5. The largest absolute Gasteiger partial charge is 0.466 e. The Bertz CT molecular complexity index is 1170. The highest BCUT2D eigenvalue weighted by Crippen LogP contribution is 2.19. The normalized spacial score (nSPS) is 12.6. The standard InChI is InChI=1S/C69H133NO5/c1-3-5-7-9-11-13-15-17-18-19-28-32-35-39-43-47-51-55-59-63-69(74)75-64-60-56-52-48-44-40-36-33-30-27-25-23-21-20-22-24-26-29-31-34-38-42-46-50-54-58-62-68(73)70-66(65-71)67(72)61-57-53-49-45-41-37-16-14-12-10-8-6-4-2/h11,13,17-18,66-67,71-72H,3-10,12,14-16,19-65H2,1-2H3,(H,70,73)/b13-11-,18-17-. The van der Waals surface area contributed by atoms with Gasteiger partial charge in [-0.05, 0) is 57.8 Å². The number of carbonyl (C=O) groups excluding carboxylic acids is 2. The molecule has 0 bridgehead atoms. The van der Waals surface area contributed by atoms with Crippen molar-refractivity contribution in [3.05, 3.63) is 24.3 Å². The maximum atomic E-state index is 12.5. The van der Waals surface area contributed by atoms with E-state index in [-0.39, 0.29) is 18.5 Å². The summed E-state index contributed by atoms with van der Waals surface area (Å²) in [5.74, 6) is -0.0168. The Morgan fingerprint density at radius 2 is 0.667 bits per heavy atom. The van der Waals surface area contributed by atoms with Gasteiger partial charge in [0.1, 0.15) is 0 Å². The van der Waals surface area contributed by atoms with Gasteiger partial charge in [-0.3, -0.25) is 9.59 Å². The third kappa shape index (κ3) is 61.4. The fourth-order valence-electron chi connectivity index (χ4n) is 10.8. The summed E-state index contributed by atoms with van der Waals surface area (Å²) in [5, 5.41) is 23.3. The fraction of sp³-hybridized carbons (Fsp3) is 0.913. The molecule has 0 aliphatic heterocycles. The van der Waals surface area contributed by atoms with Crippen LogP contribution in [0.2, 0.25) is 0 Å². The Kier molecular flexibility index (Phi) is 63.4. The molecular weight excluding hydrogens is 923 g/mol. The van der Waals surface area contributed by atoms with Gasteiger partial charge in [0.2, 0.25) is 5.91 Å². The van der Waals surface area contributed by atoms with Crippen molar-refractivity contribution < 1.29 is 24.5 Å². The van der Waals surface area contributed by atoms with Crippen molar-refractivity contribution in [3.8, 4) is 0 Å². The lowest BCUT2D eigenvalue weighted by atomic mass is 10.0. The molecule has 1 amide bonds. The smallest absolute Gasteiger partial charge is 0.305 e. The van der Waals surface area contributed by atoms with Crippen molar-refractivity contribution >= 4 is 11.9 Å². The van der Waals surface area contributed by atoms with Gasteiger partial charge in [0.15, 0.2) is 0 Å². The first-order chi connectivity index (χ1) is 37.0. The SMILES string of the molecule is CCCCC/C=C\C/C=C\CCCCCCCCCCCC(=O)OCCCCCCCCCCCCCCCCCCCCCCCCCCCCC(=O)NC(CO)C(O)CCCCCCCCCCCCCCC. The molecule has 0 saturated carbocycles. The van der Waals surface area contributed by atoms with Gasteiger partial charge in [0.05, 0.1) is 25.4 Å². The summed E-state index contributed by atoms with van der Waals surface area (Å²) < 4.78 is 5.51. The van der Waals surface area contributed by atoms with E-state index >= 15 is 0 Å². The summed E-state index contributed by atoms with van der Waals surface area (Å²) in [6.07, 6.45) is 80.7. The molecule has 0 aromatic rings. The molecule has 0 aromatic carbocycles. The number of nitrogens with one attached hydrogen (secondary N) is 1. The van der Waals surface area contributed by atoms with Crippen molar-refractivity contribution in [2.45, 2.75) is 392 Å². The highest BCUT2D eigenvalue weighted by molar-refractivity contribution is 5.76. The minimum Gasteiger partial charge on any atom is -0.466 e. The number of unbranched alkanes of at least 4 members (excludes halogenated alkanes) is 49. The average Bonchev–Trinajstić information content (AvgIpc) is 3.41. The molecule has 0 aliphatic rings. The number of hydrogen-bond acceptors (Lipinski definition) is 5. The molecule has 0 aromatic heterocycles. The molecular formula is C69H133NO5. The van der Waals surface area contributed by atoms with Crippen LogP contribution in [-0.4, -0.2) is 47.4 Å². The van der Waals surface area contributed by atoms with Crippen LogP contribution in [0.1, 0.15) is 380 Å². The zero-order valence-electron chi connectivity index (χ0n) is 50.8. The monoisotopic (exact) mass is 1060 g/mol. The summed E-state index contributed by atoms with van der Waals surface area (Å²) in [4.78, 5) is 24.6. The van der Waals surface area contributed by atoms with E-state index in [0.29, 0.717) is 25.9 Å². The van der Waals surface area contributed by atoms with Gasteiger partial charge >= 0.3 is 5.97 Å². The molecule has 0 saturated heterocycles. The van der Waals surface area contributed by atoms with Gasteiger partial charge < -0.3 is 20.3 Å². The molecule has 0 spiro atoms. The Morgan fingerprint density at radius 1 is 0.373 bits per heavy atom. The number of allylic oxidation sites excluding steroid dienone is 4. The molecule has 6 nitrogen and oxygen atoms in total. The lowest BCUT2D eigenvalue weighted by Crippen LogP contribution is -2.45. The van der Waals surface area contributed by atoms with Crippen LogP contribution >= 0.6 is 0 Å². The minimum absolute atomic E-state index is 0.0141. The van der Waals surface area contributed by atoms with E-state index in [1.807, 2.05) is 0 Å². The molecule has 2 unspecified atom stereocenters. The van der Waals surface area contributed by atoms with Crippen LogP contribution < -0.4 is 5.32 Å². The molecule has 2 atom stereocenters. The molecule has 0 rings (SSSR count). The highest BCUT2D eigenvalue weighted by Gasteiger charge is 2.20. The Morgan fingerprint density at radius 3 is 1.04 bits per heavy atom. The topological polar surface area (TPSA) is 95.9 Å². The van der Waals surface area contributed by atoms with E-state index in [1.165, 1.54) is 295 Å². The van der Waals surface area contributed by atoms with Gasteiger partial charge in [-0.15, -0.1) is 0 Å². The van der Waals surface area contributed by atoms with E-state index < -0.39 is 12.1 Å². The molecule has 3 N–H and O–H groups in total. The molecule has 0 fully saturated rings. The minimum atomic E-state index is -0.662. The van der Waals surface area contributed by atoms with Crippen molar-refractivity contribution in [1.29, 1.82) is 0 Å². The third-order valence-corrected chi connectivity index (χ3v) is 16.0. The van der Waals surface area contributed by atoms with Gasteiger partial charge in [-0.2, -0.15) is 0 Å². The number of carbonyl (C=O) groups is 2. The van der Waals surface area contributed by atoms with Crippen molar-refractivity contribution in [1.82, 2.24) is 5.32 Å². The number of hydrogen-bond donors (Lipinski definition) is 3. The Balaban J connectivity index is 3.33. The predicted molar refractivity (Wildman–Crippen MR) is 329 cm³/mol. The number of ether oxygens (including phenoxy) is 1. The zero-order valence-corrected chi connectivity index (χ0v) is 50.8. The number of aliphatic hydroxyl groups excluding tert-OH is 2. The number of esters is 1. The summed E-state index contributed by atoms with van der Waals surface area (Å²) in [6, 6.07) is -0.539. The van der Waals surface area contributed by atoms with E-state index in [4.69, 9.17) is 4.74 Å². The van der Waals surface area contributed by atoms with Crippen LogP contribution in [0.25, 0.3) is 0 Å². The second-order valence-corrected chi connectivity index (χ2v) is 23.5. The van der Waals surface area contributed by atoms with Crippen molar-refractivity contribution in [2.75, 3.05) is 13.2 Å². The summed E-state index contributed by atoms with van der Waals surface area (Å²) >= 11 is 0. The molecule has 444 valence electrons. The number of rotatable bonds is 64. The van der Waals surface area contributed by atoms with Crippen molar-refractivity contribution in [2.24, 2.45) is 0 Å². The van der Waals surface area contributed by atoms with Gasteiger partial charge in [0.25, 0.3) is 0 Å². The van der Waals surface area contributed by atoms with Crippen LogP contribution in [0.4, 0.5) is 0 Å². The average molecular weight is 1060 g/mol. The first-order valence-electron chi connectivity index (χ1n) is 34.1. The fourth-order valence-corrected chi connectivity index (χ4v) is 10.8. The predicted octanol–water partition coefficient (Wildman–Crippen LogP) is 21.8. The lowest BCUT2D eigenvalue weighted by molar-refractivity contribution is -0.143.